The first-order chi connectivity index (χ1) is 9.65. The number of carbonyl (C=O) groups excluding carboxylic acids is 1. The first-order valence-electron chi connectivity index (χ1n) is 7.53. The average molecular weight is 348 g/mol. The quantitative estimate of drug-likeness (QED) is 0.860. The molecule has 0 bridgehead atoms. The van der Waals surface area contributed by atoms with Gasteiger partial charge in [-0.3, -0.25) is 4.79 Å². The van der Waals surface area contributed by atoms with Crippen molar-refractivity contribution < 1.29 is 4.79 Å². The molecule has 4 nitrogen and oxygen atoms in total. The Hall–Kier alpha value is -0.810. The van der Waals surface area contributed by atoms with E-state index in [1.165, 1.54) is 37.9 Å². The molecule has 0 radical (unpaired) electrons. The summed E-state index contributed by atoms with van der Waals surface area (Å²) in [6, 6.07) is 7.59. The van der Waals surface area contributed by atoms with Crippen molar-refractivity contribution in [1.82, 2.24) is 4.90 Å². The van der Waals surface area contributed by atoms with Crippen LogP contribution < -0.4 is 11.1 Å². The summed E-state index contributed by atoms with van der Waals surface area (Å²) in [5.41, 5.74) is 7.65. The van der Waals surface area contributed by atoms with Crippen molar-refractivity contribution in [2.24, 2.45) is 5.73 Å². The van der Waals surface area contributed by atoms with Gasteiger partial charge in [0.15, 0.2) is 0 Å². The van der Waals surface area contributed by atoms with Crippen molar-refractivity contribution in [3.05, 3.63) is 29.8 Å². The SMILES string of the molecule is C[C@@H](N)C(=O)Nc1ccc(CCN2CCCCC2)cc1.Cl.Cl. The number of amides is 1. The number of piperidine rings is 1. The van der Waals surface area contributed by atoms with E-state index in [1.807, 2.05) is 12.1 Å². The molecule has 1 aromatic rings. The van der Waals surface area contributed by atoms with E-state index in [2.05, 4.69) is 22.3 Å². The monoisotopic (exact) mass is 347 g/mol. The van der Waals surface area contributed by atoms with E-state index in [4.69, 9.17) is 5.73 Å². The van der Waals surface area contributed by atoms with Crippen LogP contribution in [0.2, 0.25) is 0 Å². The zero-order chi connectivity index (χ0) is 14.4. The van der Waals surface area contributed by atoms with E-state index in [0.717, 1.165) is 18.7 Å². The van der Waals surface area contributed by atoms with E-state index >= 15 is 0 Å². The highest BCUT2D eigenvalue weighted by Crippen LogP contribution is 2.13. The van der Waals surface area contributed by atoms with Gasteiger partial charge in [0.2, 0.25) is 5.91 Å². The van der Waals surface area contributed by atoms with Crippen molar-refractivity contribution in [1.29, 1.82) is 0 Å². The molecule has 126 valence electrons. The van der Waals surface area contributed by atoms with Gasteiger partial charge in [0.1, 0.15) is 0 Å². The van der Waals surface area contributed by atoms with Crippen LogP contribution in [0.3, 0.4) is 0 Å². The third kappa shape index (κ3) is 6.97. The summed E-state index contributed by atoms with van der Waals surface area (Å²) >= 11 is 0. The van der Waals surface area contributed by atoms with Crippen molar-refractivity contribution in [2.75, 3.05) is 25.0 Å². The fourth-order valence-electron chi connectivity index (χ4n) is 2.48. The second-order valence-electron chi connectivity index (χ2n) is 5.63. The molecule has 22 heavy (non-hydrogen) atoms. The van der Waals surface area contributed by atoms with E-state index < -0.39 is 6.04 Å². The molecule has 1 saturated heterocycles. The molecule has 0 unspecified atom stereocenters. The molecule has 0 aromatic heterocycles. The summed E-state index contributed by atoms with van der Waals surface area (Å²) in [7, 11) is 0. The number of halogens is 2. The minimum Gasteiger partial charge on any atom is -0.325 e. The summed E-state index contributed by atoms with van der Waals surface area (Å²) in [5.74, 6) is -0.147. The lowest BCUT2D eigenvalue weighted by molar-refractivity contribution is -0.117. The van der Waals surface area contributed by atoms with Crippen LogP contribution >= 0.6 is 24.8 Å². The Balaban J connectivity index is 0.00000220. The molecule has 1 amide bonds. The van der Waals surface area contributed by atoms with Crippen LogP contribution in [0.25, 0.3) is 0 Å². The number of likely N-dealkylation sites (tertiary alicyclic amines) is 1. The maximum atomic E-state index is 11.5. The highest BCUT2D eigenvalue weighted by Gasteiger charge is 2.10. The third-order valence-electron chi connectivity index (χ3n) is 3.80. The van der Waals surface area contributed by atoms with Crippen molar-refractivity contribution >= 4 is 36.4 Å². The van der Waals surface area contributed by atoms with Gasteiger partial charge in [-0.25, -0.2) is 0 Å². The normalized spacial score (nSPS) is 16.1. The van der Waals surface area contributed by atoms with E-state index in [1.54, 1.807) is 6.92 Å². The number of rotatable bonds is 5. The molecule has 0 saturated carbocycles. The first-order valence-corrected chi connectivity index (χ1v) is 7.53. The maximum absolute atomic E-state index is 11.5. The summed E-state index contributed by atoms with van der Waals surface area (Å²) in [5, 5.41) is 2.80. The maximum Gasteiger partial charge on any atom is 0.240 e. The Morgan fingerprint density at radius 1 is 1.18 bits per heavy atom. The fourth-order valence-corrected chi connectivity index (χ4v) is 2.48. The van der Waals surface area contributed by atoms with Gasteiger partial charge >= 0.3 is 0 Å². The molecule has 1 fully saturated rings. The lowest BCUT2D eigenvalue weighted by atomic mass is 10.1. The molecular weight excluding hydrogens is 321 g/mol. The summed E-state index contributed by atoms with van der Waals surface area (Å²) in [4.78, 5) is 14.0. The van der Waals surface area contributed by atoms with Gasteiger partial charge in [0.25, 0.3) is 0 Å². The molecule has 1 heterocycles. The first kappa shape index (κ1) is 21.2. The molecule has 6 heteroatoms. The number of nitrogens with one attached hydrogen (secondary N) is 1. The predicted octanol–water partition coefficient (Wildman–Crippen LogP) is 2.84. The van der Waals surface area contributed by atoms with Crippen LogP contribution in [0.4, 0.5) is 5.69 Å². The fraction of sp³-hybridized carbons (Fsp3) is 0.562. The third-order valence-corrected chi connectivity index (χ3v) is 3.80. The van der Waals surface area contributed by atoms with E-state index in [9.17, 15) is 4.79 Å². The highest BCUT2D eigenvalue weighted by molar-refractivity contribution is 5.94. The molecule has 2 rings (SSSR count). The molecule has 1 aromatic carbocycles. The predicted molar refractivity (Wildman–Crippen MR) is 97.2 cm³/mol. The van der Waals surface area contributed by atoms with Gasteiger partial charge in [-0.2, -0.15) is 0 Å². The van der Waals surface area contributed by atoms with Crippen LogP contribution in [0, 0.1) is 0 Å². The number of nitrogens with two attached hydrogens (primary N) is 1. The Kier molecular flexibility index (Phi) is 10.4. The number of nitrogens with zero attached hydrogens (tertiary/aromatic N) is 1. The van der Waals surface area contributed by atoms with Crippen molar-refractivity contribution in [3.63, 3.8) is 0 Å². The molecule has 0 spiro atoms. The molecule has 1 aliphatic rings. The molecule has 0 aliphatic carbocycles. The number of hydrogen-bond donors (Lipinski definition) is 2. The van der Waals surface area contributed by atoms with Gasteiger partial charge in [0.05, 0.1) is 6.04 Å². The van der Waals surface area contributed by atoms with Crippen molar-refractivity contribution in [3.8, 4) is 0 Å². The van der Waals surface area contributed by atoms with Gasteiger partial charge < -0.3 is 16.0 Å². The van der Waals surface area contributed by atoms with Gasteiger partial charge in [-0.1, -0.05) is 18.6 Å². The number of carbonyl (C=O) groups is 1. The van der Waals surface area contributed by atoms with E-state index in [0.29, 0.717) is 0 Å². The highest BCUT2D eigenvalue weighted by atomic mass is 35.5. The Morgan fingerprint density at radius 3 is 2.32 bits per heavy atom. The van der Waals surface area contributed by atoms with Crippen LogP contribution in [0.1, 0.15) is 31.7 Å². The van der Waals surface area contributed by atoms with Crippen LogP contribution in [-0.4, -0.2) is 36.5 Å². The molecule has 1 aliphatic heterocycles. The number of benzene rings is 1. The zero-order valence-electron chi connectivity index (χ0n) is 13.1. The summed E-state index contributed by atoms with van der Waals surface area (Å²) < 4.78 is 0. The second kappa shape index (κ2) is 10.8. The van der Waals surface area contributed by atoms with Crippen molar-refractivity contribution in [2.45, 2.75) is 38.6 Å². The molecule has 3 N–H and O–H groups in total. The van der Waals surface area contributed by atoms with Gasteiger partial charge in [-0.15, -0.1) is 24.8 Å². The Morgan fingerprint density at radius 2 is 1.77 bits per heavy atom. The lowest BCUT2D eigenvalue weighted by Gasteiger charge is -2.26. The standard InChI is InChI=1S/C16H25N3O.2ClH/c1-13(17)16(20)18-15-7-5-14(6-8-15)9-12-19-10-3-2-4-11-19;;/h5-8,13H,2-4,9-12,17H2,1H3,(H,18,20);2*1H/t13-;;/m1../s1. The summed E-state index contributed by atoms with van der Waals surface area (Å²) in [6.07, 6.45) is 5.12. The summed E-state index contributed by atoms with van der Waals surface area (Å²) in [6.45, 7) is 5.29. The number of anilines is 1. The van der Waals surface area contributed by atoms with E-state index in [-0.39, 0.29) is 30.7 Å². The lowest BCUT2D eigenvalue weighted by Crippen LogP contribution is -2.32. The topological polar surface area (TPSA) is 58.4 Å². The minimum absolute atomic E-state index is 0. The van der Waals surface area contributed by atoms with Crippen LogP contribution in [-0.2, 0) is 11.2 Å². The number of hydrogen-bond acceptors (Lipinski definition) is 3. The zero-order valence-corrected chi connectivity index (χ0v) is 14.7. The Labute approximate surface area is 145 Å². The van der Waals surface area contributed by atoms with Crippen LogP contribution in [0.5, 0.6) is 0 Å². The second-order valence-corrected chi connectivity index (χ2v) is 5.63. The van der Waals surface area contributed by atoms with Gasteiger partial charge in [0, 0.05) is 12.2 Å². The minimum atomic E-state index is -0.478. The van der Waals surface area contributed by atoms with Crippen LogP contribution in [0.15, 0.2) is 24.3 Å². The van der Waals surface area contributed by atoms with Gasteiger partial charge in [-0.05, 0) is 57.0 Å². The molecule has 1 atom stereocenters. The largest absolute Gasteiger partial charge is 0.325 e. The smallest absolute Gasteiger partial charge is 0.240 e. The molecular formula is C16H27Cl2N3O. The average Bonchev–Trinajstić information content (AvgIpc) is 2.47. The Bertz CT molecular complexity index is 432.